The van der Waals surface area contributed by atoms with Gasteiger partial charge in [-0.3, -0.25) is 20.2 Å². The van der Waals surface area contributed by atoms with Crippen LogP contribution in [0.1, 0.15) is 66.3 Å². The van der Waals surface area contributed by atoms with Gasteiger partial charge in [-0.2, -0.15) is 0 Å². The van der Waals surface area contributed by atoms with Gasteiger partial charge in [-0.05, 0) is 113 Å². The van der Waals surface area contributed by atoms with E-state index in [1.54, 1.807) is 12.1 Å². The number of fused-ring (bicyclic) bond motifs is 3. The SMILES string of the molecule is O=[N+]([O-])c1cc(C2(c3ccc(O)c([N+](=O)[O-])c3)c3ccccc3-c3ccc(C45CC6CC(CC(C6)C4)C5)cc32)ccc1O. The van der Waals surface area contributed by atoms with Crippen LogP contribution in [0.5, 0.6) is 11.5 Å². The fraction of sp³-hybridized carbons (Fsp3) is 0.314. The molecule has 4 aromatic rings. The predicted octanol–water partition coefficient (Wildman–Crippen LogP) is 7.75. The van der Waals surface area contributed by atoms with E-state index in [1.165, 1.54) is 49.1 Å². The lowest BCUT2D eigenvalue weighted by atomic mass is 9.48. The second-order valence-corrected chi connectivity index (χ2v) is 13.2. The molecule has 0 saturated heterocycles. The monoisotopic (exact) mass is 574 g/mol. The highest BCUT2D eigenvalue weighted by Gasteiger charge is 2.53. The molecule has 0 spiro atoms. The first kappa shape index (κ1) is 25.9. The molecular weight excluding hydrogens is 544 g/mol. The van der Waals surface area contributed by atoms with Gasteiger partial charge in [0.25, 0.3) is 0 Å². The van der Waals surface area contributed by atoms with Gasteiger partial charge in [0.1, 0.15) is 0 Å². The first-order chi connectivity index (χ1) is 20.7. The molecular formula is C35H30N2O6. The lowest BCUT2D eigenvalue weighted by Gasteiger charge is -2.57. The van der Waals surface area contributed by atoms with Crippen molar-refractivity contribution in [3.05, 3.63) is 127 Å². The Morgan fingerprint density at radius 1 is 0.605 bits per heavy atom. The second-order valence-electron chi connectivity index (χ2n) is 13.2. The summed E-state index contributed by atoms with van der Waals surface area (Å²) in [5.41, 5.74) is 4.00. The van der Waals surface area contributed by atoms with Crippen molar-refractivity contribution in [3.8, 4) is 22.6 Å². The summed E-state index contributed by atoms with van der Waals surface area (Å²) in [6.45, 7) is 0. The van der Waals surface area contributed by atoms with Crippen molar-refractivity contribution >= 4 is 11.4 Å². The molecule has 0 amide bonds. The Morgan fingerprint density at radius 3 is 1.63 bits per heavy atom. The van der Waals surface area contributed by atoms with Crippen LogP contribution in [-0.4, -0.2) is 20.1 Å². The van der Waals surface area contributed by atoms with E-state index in [1.807, 2.05) is 24.3 Å². The van der Waals surface area contributed by atoms with Crippen LogP contribution in [0.15, 0.2) is 78.9 Å². The summed E-state index contributed by atoms with van der Waals surface area (Å²) < 4.78 is 0. The number of phenols is 2. The van der Waals surface area contributed by atoms with Gasteiger partial charge in [0.05, 0.1) is 15.3 Å². The van der Waals surface area contributed by atoms with Crippen LogP contribution < -0.4 is 0 Å². The quantitative estimate of drug-likeness (QED) is 0.163. The molecule has 216 valence electrons. The molecule has 0 heterocycles. The molecule has 0 aromatic heterocycles. The van der Waals surface area contributed by atoms with E-state index in [9.17, 15) is 30.4 Å². The highest BCUT2D eigenvalue weighted by molar-refractivity contribution is 5.87. The Morgan fingerprint density at radius 2 is 1.09 bits per heavy atom. The third kappa shape index (κ3) is 3.55. The maximum atomic E-state index is 12.0. The van der Waals surface area contributed by atoms with Gasteiger partial charge >= 0.3 is 11.4 Å². The number of nitro groups is 2. The summed E-state index contributed by atoms with van der Waals surface area (Å²) in [5, 5.41) is 44.9. The summed E-state index contributed by atoms with van der Waals surface area (Å²) in [4.78, 5) is 22.9. The van der Waals surface area contributed by atoms with Crippen LogP contribution in [-0.2, 0) is 10.8 Å². The molecule has 8 nitrogen and oxygen atoms in total. The molecule has 4 aromatic carbocycles. The molecule has 0 radical (unpaired) electrons. The standard InChI is InChI=1S/C35H30N2O6/c38-32-9-6-24(15-30(32)36(40)41)35(25-7-10-33(39)31(16-25)37(42)43)28-4-2-1-3-26(28)27-8-5-23(14-29(27)35)34-17-20-11-21(18-34)13-22(12-20)19-34/h1-10,14-16,20-22,38-39H,11-13,17-19H2. The van der Waals surface area contributed by atoms with E-state index >= 15 is 0 Å². The zero-order valence-electron chi connectivity index (χ0n) is 23.4. The van der Waals surface area contributed by atoms with Gasteiger partial charge in [0, 0.05) is 12.1 Å². The fourth-order valence-electron chi connectivity index (χ4n) is 9.67. The zero-order valence-corrected chi connectivity index (χ0v) is 23.4. The second kappa shape index (κ2) is 8.89. The van der Waals surface area contributed by atoms with Gasteiger partial charge in [-0.15, -0.1) is 0 Å². The van der Waals surface area contributed by atoms with Crippen molar-refractivity contribution in [2.75, 3.05) is 0 Å². The minimum atomic E-state index is -1.17. The Bertz CT molecular complexity index is 1760. The van der Waals surface area contributed by atoms with Crippen molar-refractivity contribution in [1.29, 1.82) is 0 Å². The average Bonchev–Trinajstić information content (AvgIpc) is 3.27. The highest BCUT2D eigenvalue weighted by atomic mass is 16.6. The molecule has 4 fully saturated rings. The van der Waals surface area contributed by atoms with Gasteiger partial charge in [0.2, 0.25) is 0 Å². The Hall–Kier alpha value is -4.72. The van der Waals surface area contributed by atoms with Crippen molar-refractivity contribution < 1.29 is 20.1 Å². The summed E-state index contributed by atoms with van der Waals surface area (Å²) in [5.74, 6) is 1.31. The van der Waals surface area contributed by atoms with Crippen LogP contribution in [0.2, 0.25) is 0 Å². The zero-order chi connectivity index (χ0) is 29.7. The average molecular weight is 575 g/mol. The van der Waals surface area contributed by atoms with Crippen molar-refractivity contribution in [2.24, 2.45) is 17.8 Å². The summed E-state index contributed by atoms with van der Waals surface area (Å²) in [7, 11) is 0. The van der Waals surface area contributed by atoms with E-state index in [0.717, 1.165) is 59.3 Å². The fourth-order valence-corrected chi connectivity index (χ4v) is 9.67. The van der Waals surface area contributed by atoms with E-state index in [0.29, 0.717) is 11.1 Å². The number of hydrogen-bond acceptors (Lipinski definition) is 6. The minimum Gasteiger partial charge on any atom is -0.502 e. The Balaban J connectivity index is 1.45. The Kier molecular flexibility index (Phi) is 5.37. The van der Waals surface area contributed by atoms with Crippen molar-refractivity contribution in [2.45, 2.75) is 49.4 Å². The van der Waals surface area contributed by atoms with Crippen LogP contribution in [0, 0.1) is 38.0 Å². The lowest BCUT2D eigenvalue weighted by molar-refractivity contribution is -0.386. The topological polar surface area (TPSA) is 127 Å². The van der Waals surface area contributed by atoms with E-state index in [4.69, 9.17) is 0 Å². The largest absolute Gasteiger partial charge is 0.502 e. The maximum absolute atomic E-state index is 12.0. The normalized spacial score (nSPS) is 25.7. The van der Waals surface area contributed by atoms with Crippen molar-refractivity contribution in [1.82, 2.24) is 0 Å². The van der Waals surface area contributed by atoms with Gasteiger partial charge in [0.15, 0.2) is 11.5 Å². The molecule has 9 rings (SSSR count). The van der Waals surface area contributed by atoms with E-state index < -0.39 is 38.1 Å². The van der Waals surface area contributed by atoms with Crippen LogP contribution in [0.3, 0.4) is 0 Å². The first-order valence-electron chi connectivity index (χ1n) is 14.9. The minimum absolute atomic E-state index is 0.0756. The lowest BCUT2D eigenvalue weighted by Crippen LogP contribution is -2.48. The van der Waals surface area contributed by atoms with Gasteiger partial charge in [-0.25, -0.2) is 0 Å². The summed E-state index contributed by atoms with van der Waals surface area (Å²) in [6, 6.07) is 23.3. The molecule has 4 bridgehead atoms. The number of rotatable bonds is 5. The number of nitrogens with zero attached hydrogens (tertiary/aromatic N) is 2. The molecule has 4 saturated carbocycles. The van der Waals surface area contributed by atoms with E-state index in [-0.39, 0.29) is 5.41 Å². The van der Waals surface area contributed by atoms with Crippen molar-refractivity contribution in [3.63, 3.8) is 0 Å². The van der Waals surface area contributed by atoms with Crippen LogP contribution in [0.4, 0.5) is 11.4 Å². The molecule has 5 aliphatic rings. The highest BCUT2D eigenvalue weighted by Crippen LogP contribution is 2.63. The molecule has 8 heteroatoms. The molecule has 0 atom stereocenters. The molecule has 0 unspecified atom stereocenters. The molecule has 0 aliphatic heterocycles. The van der Waals surface area contributed by atoms with Gasteiger partial charge < -0.3 is 10.2 Å². The third-order valence-electron chi connectivity index (χ3n) is 10.9. The first-order valence-corrected chi connectivity index (χ1v) is 14.9. The molecule has 5 aliphatic carbocycles. The smallest absolute Gasteiger partial charge is 0.311 e. The number of aromatic hydroxyl groups is 2. The number of benzene rings is 4. The maximum Gasteiger partial charge on any atom is 0.311 e. The molecule has 43 heavy (non-hydrogen) atoms. The summed E-state index contributed by atoms with van der Waals surface area (Å²) in [6.07, 6.45) is 7.42. The number of hydrogen-bond donors (Lipinski definition) is 2. The number of nitro benzene ring substituents is 2. The molecule has 2 N–H and O–H groups in total. The summed E-state index contributed by atoms with van der Waals surface area (Å²) >= 11 is 0. The van der Waals surface area contributed by atoms with Crippen LogP contribution in [0.25, 0.3) is 11.1 Å². The Labute approximate surface area is 247 Å². The van der Waals surface area contributed by atoms with E-state index in [2.05, 4.69) is 18.2 Å². The number of phenolic OH excluding ortho intramolecular Hbond substituents is 2. The van der Waals surface area contributed by atoms with Gasteiger partial charge in [-0.1, -0.05) is 54.6 Å². The van der Waals surface area contributed by atoms with Crippen LogP contribution >= 0.6 is 0 Å². The third-order valence-corrected chi connectivity index (χ3v) is 10.9. The predicted molar refractivity (Wildman–Crippen MR) is 160 cm³/mol.